The summed E-state index contributed by atoms with van der Waals surface area (Å²) < 4.78 is 38.7. The van der Waals surface area contributed by atoms with Gasteiger partial charge in [0, 0.05) is 52.0 Å². The minimum atomic E-state index is -4.18. The van der Waals surface area contributed by atoms with Gasteiger partial charge in [0.2, 0.25) is 0 Å². The van der Waals surface area contributed by atoms with E-state index >= 15 is 0 Å². The molecule has 1 unspecified atom stereocenters. The molecule has 6 nitrogen and oxygen atoms in total. The van der Waals surface area contributed by atoms with Gasteiger partial charge in [-0.05, 0) is 38.8 Å². The van der Waals surface area contributed by atoms with Gasteiger partial charge in [0.15, 0.2) is 5.96 Å². The molecule has 2 heterocycles. The van der Waals surface area contributed by atoms with Gasteiger partial charge in [0.1, 0.15) is 11.9 Å². The molecule has 1 aliphatic rings. The van der Waals surface area contributed by atoms with Crippen molar-refractivity contribution in [2.75, 3.05) is 51.1 Å². The van der Waals surface area contributed by atoms with E-state index in [0.29, 0.717) is 32.7 Å². The quantitative estimate of drug-likeness (QED) is 0.235. The number of rotatable bonds is 8. The number of aliphatic imine (C=N–C) groups is 1. The SMILES string of the molecule is CCNC(=NCCCCNc1ccccn1)N1CCN(C(C)C(F)(F)F)CC1.I. The van der Waals surface area contributed by atoms with Crippen molar-refractivity contribution < 1.29 is 13.2 Å². The van der Waals surface area contributed by atoms with Gasteiger partial charge in [-0.2, -0.15) is 13.2 Å². The van der Waals surface area contributed by atoms with Crippen molar-refractivity contribution in [3.05, 3.63) is 24.4 Å². The molecule has 2 N–H and O–H groups in total. The Morgan fingerprint density at radius 1 is 1.21 bits per heavy atom. The first kappa shape index (κ1) is 25.7. The zero-order valence-corrected chi connectivity index (χ0v) is 19.4. The fourth-order valence-electron chi connectivity index (χ4n) is 3.06. The van der Waals surface area contributed by atoms with Crippen LogP contribution < -0.4 is 10.6 Å². The highest BCUT2D eigenvalue weighted by Crippen LogP contribution is 2.25. The largest absolute Gasteiger partial charge is 0.403 e. The van der Waals surface area contributed by atoms with E-state index in [9.17, 15) is 13.2 Å². The summed E-state index contributed by atoms with van der Waals surface area (Å²) in [5.41, 5.74) is 0. The molecule has 1 aromatic heterocycles. The molecule has 0 aromatic carbocycles. The first-order valence-electron chi connectivity index (χ1n) is 9.90. The highest BCUT2D eigenvalue weighted by atomic mass is 127. The third kappa shape index (κ3) is 8.93. The zero-order chi connectivity index (χ0) is 20.4. The summed E-state index contributed by atoms with van der Waals surface area (Å²) in [6, 6.07) is 4.35. The van der Waals surface area contributed by atoms with Crippen LogP contribution in [0.3, 0.4) is 0 Å². The fourth-order valence-corrected chi connectivity index (χ4v) is 3.06. The van der Waals surface area contributed by atoms with Crippen molar-refractivity contribution in [1.29, 1.82) is 0 Å². The highest BCUT2D eigenvalue weighted by molar-refractivity contribution is 14.0. The predicted octanol–water partition coefficient (Wildman–Crippen LogP) is 3.43. The van der Waals surface area contributed by atoms with Gasteiger partial charge in [-0.1, -0.05) is 6.07 Å². The number of halogens is 4. The second-order valence-electron chi connectivity index (χ2n) is 6.83. The number of nitrogens with zero attached hydrogens (tertiary/aromatic N) is 4. The van der Waals surface area contributed by atoms with Crippen LogP contribution in [-0.4, -0.2) is 78.8 Å². The van der Waals surface area contributed by atoms with Crippen LogP contribution in [-0.2, 0) is 0 Å². The van der Waals surface area contributed by atoms with Gasteiger partial charge in [-0.3, -0.25) is 9.89 Å². The van der Waals surface area contributed by atoms with Crippen molar-refractivity contribution in [2.24, 2.45) is 4.99 Å². The van der Waals surface area contributed by atoms with Crippen LogP contribution in [0.25, 0.3) is 0 Å². The number of hydrogen-bond acceptors (Lipinski definition) is 4. The van der Waals surface area contributed by atoms with Crippen LogP contribution in [0, 0.1) is 0 Å². The Kier molecular flexibility index (Phi) is 11.6. The molecule has 2 rings (SSSR count). The normalized spacial score (nSPS) is 16.9. The summed E-state index contributed by atoms with van der Waals surface area (Å²) in [6.07, 6.45) is -0.523. The second kappa shape index (κ2) is 13.1. The zero-order valence-electron chi connectivity index (χ0n) is 17.1. The number of aromatic nitrogens is 1. The number of hydrogen-bond donors (Lipinski definition) is 2. The standard InChI is InChI=1S/C19H31F3N6.HI/c1-3-23-18(26-11-7-6-10-25-17-8-4-5-9-24-17)28-14-12-27(13-15-28)16(2)19(20,21)22;/h4-5,8-9,16H,3,6-7,10-15H2,1-2H3,(H,23,26)(H,24,25);1H. The highest BCUT2D eigenvalue weighted by Gasteiger charge is 2.41. The first-order valence-corrected chi connectivity index (χ1v) is 9.90. The molecule has 0 saturated carbocycles. The number of nitrogens with one attached hydrogen (secondary N) is 2. The molecule has 1 aliphatic heterocycles. The maximum absolute atomic E-state index is 12.9. The molecular weight excluding hydrogens is 496 g/mol. The molecule has 0 bridgehead atoms. The molecule has 166 valence electrons. The van der Waals surface area contributed by atoms with E-state index in [-0.39, 0.29) is 24.0 Å². The number of anilines is 1. The van der Waals surface area contributed by atoms with Gasteiger partial charge in [-0.25, -0.2) is 4.98 Å². The summed E-state index contributed by atoms with van der Waals surface area (Å²) >= 11 is 0. The van der Waals surface area contributed by atoms with Gasteiger partial charge >= 0.3 is 6.18 Å². The van der Waals surface area contributed by atoms with Crippen molar-refractivity contribution in [1.82, 2.24) is 20.1 Å². The molecule has 10 heteroatoms. The lowest BCUT2D eigenvalue weighted by Gasteiger charge is -2.39. The molecule has 1 fully saturated rings. The summed E-state index contributed by atoms with van der Waals surface area (Å²) in [5, 5.41) is 6.52. The molecule has 0 amide bonds. The molecule has 1 atom stereocenters. The molecule has 29 heavy (non-hydrogen) atoms. The van der Waals surface area contributed by atoms with Crippen LogP contribution in [0.15, 0.2) is 29.4 Å². The number of alkyl halides is 3. The summed E-state index contributed by atoms with van der Waals surface area (Å²) in [5.74, 6) is 1.66. The lowest BCUT2D eigenvalue weighted by Crippen LogP contribution is -2.56. The monoisotopic (exact) mass is 528 g/mol. The maximum atomic E-state index is 12.9. The smallest absolute Gasteiger partial charge is 0.370 e. The molecule has 1 aromatic rings. The second-order valence-corrected chi connectivity index (χ2v) is 6.83. The minimum absolute atomic E-state index is 0. The Balaban J connectivity index is 0.00000420. The number of guanidine groups is 1. The van der Waals surface area contributed by atoms with E-state index in [0.717, 1.165) is 37.7 Å². The van der Waals surface area contributed by atoms with Crippen molar-refractivity contribution in [3.63, 3.8) is 0 Å². The predicted molar refractivity (Wildman–Crippen MR) is 122 cm³/mol. The van der Waals surface area contributed by atoms with Crippen LogP contribution in [0.4, 0.5) is 19.0 Å². The van der Waals surface area contributed by atoms with E-state index in [1.54, 1.807) is 6.20 Å². The number of pyridine rings is 1. The summed E-state index contributed by atoms with van der Waals surface area (Å²) in [7, 11) is 0. The maximum Gasteiger partial charge on any atom is 0.403 e. The molecule has 0 aliphatic carbocycles. The minimum Gasteiger partial charge on any atom is -0.370 e. The van der Waals surface area contributed by atoms with Crippen molar-refractivity contribution >= 4 is 35.8 Å². The first-order chi connectivity index (χ1) is 13.4. The Bertz CT molecular complexity index is 591. The van der Waals surface area contributed by atoms with E-state index in [1.165, 1.54) is 11.8 Å². The van der Waals surface area contributed by atoms with Crippen molar-refractivity contribution in [2.45, 2.75) is 38.9 Å². The number of unbranched alkanes of at least 4 members (excludes halogenated alkanes) is 1. The average Bonchev–Trinajstić information content (AvgIpc) is 2.69. The third-order valence-corrected chi connectivity index (χ3v) is 4.79. The molecule has 1 saturated heterocycles. The van der Waals surface area contributed by atoms with Crippen LogP contribution >= 0.6 is 24.0 Å². The van der Waals surface area contributed by atoms with Crippen LogP contribution in [0.5, 0.6) is 0 Å². The lowest BCUT2D eigenvalue weighted by atomic mass is 10.2. The summed E-state index contributed by atoms with van der Waals surface area (Å²) in [4.78, 5) is 12.4. The summed E-state index contributed by atoms with van der Waals surface area (Å²) in [6.45, 7) is 7.35. The number of piperazine rings is 1. The Morgan fingerprint density at radius 3 is 2.52 bits per heavy atom. The topological polar surface area (TPSA) is 55.8 Å². The van der Waals surface area contributed by atoms with Crippen molar-refractivity contribution in [3.8, 4) is 0 Å². The van der Waals surface area contributed by atoms with Crippen LogP contribution in [0.2, 0.25) is 0 Å². The van der Waals surface area contributed by atoms with E-state index in [4.69, 9.17) is 0 Å². The molecule has 0 spiro atoms. The Labute approximate surface area is 188 Å². The Hall–Kier alpha value is -1.30. The van der Waals surface area contributed by atoms with Gasteiger partial charge < -0.3 is 15.5 Å². The average molecular weight is 528 g/mol. The van der Waals surface area contributed by atoms with E-state index < -0.39 is 12.2 Å². The molecule has 0 radical (unpaired) electrons. The van der Waals surface area contributed by atoms with Crippen LogP contribution in [0.1, 0.15) is 26.7 Å². The molecular formula is C19H32F3IN6. The van der Waals surface area contributed by atoms with E-state index in [2.05, 4.69) is 25.5 Å². The van der Waals surface area contributed by atoms with Gasteiger partial charge in [-0.15, -0.1) is 24.0 Å². The van der Waals surface area contributed by atoms with E-state index in [1.807, 2.05) is 25.1 Å². The fraction of sp³-hybridized carbons (Fsp3) is 0.684. The van der Waals surface area contributed by atoms with Gasteiger partial charge in [0.05, 0.1) is 0 Å². The van der Waals surface area contributed by atoms with Gasteiger partial charge in [0.25, 0.3) is 0 Å². The Morgan fingerprint density at radius 2 is 1.93 bits per heavy atom. The lowest BCUT2D eigenvalue weighted by molar-refractivity contribution is -0.181. The third-order valence-electron chi connectivity index (χ3n) is 4.79.